The SMILES string of the molecule is Cn1ncc(Cl)c1S(=O)(=O)N1CCCCC1CCCl. The maximum Gasteiger partial charge on any atom is 0.261 e. The zero-order chi connectivity index (χ0) is 14.0. The van der Waals surface area contributed by atoms with Gasteiger partial charge in [0.25, 0.3) is 10.0 Å². The fourth-order valence-corrected chi connectivity index (χ4v) is 5.09. The van der Waals surface area contributed by atoms with E-state index in [1.54, 1.807) is 7.05 Å². The van der Waals surface area contributed by atoms with Gasteiger partial charge in [0, 0.05) is 25.5 Å². The van der Waals surface area contributed by atoms with Gasteiger partial charge in [-0.1, -0.05) is 18.0 Å². The molecular formula is C11H17Cl2N3O2S. The van der Waals surface area contributed by atoms with Crippen LogP contribution in [0.15, 0.2) is 11.2 Å². The second-order valence-corrected chi connectivity index (χ2v) is 7.26. The number of hydrogen-bond acceptors (Lipinski definition) is 3. The second-order valence-electron chi connectivity index (χ2n) is 4.66. The van der Waals surface area contributed by atoms with E-state index in [-0.39, 0.29) is 16.1 Å². The highest BCUT2D eigenvalue weighted by atomic mass is 35.5. The van der Waals surface area contributed by atoms with Gasteiger partial charge in [0.05, 0.1) is 11.2 Å². The van der Waals surface area contributed by atoms with Gasteiger partial charge in [0.1, 0.15) is 0 Å². The molecule has 0 saturated carbocycles. The Labute approximate surface area is 123 Å². The lowest BCUT2D eigenvalue weighted by atomic mass is 10.0. The average molecular weight is 326 g/mol. The maximum atomic E-state index is 12.7. The van der Waals surface area contributed by atoms with E-state index in [2.05, 4.69) is 5.10 Å². The van der Waals surface area contributed by atoms with E-state index in [1.165, 1.54) is 15.2 Å². The second kappa shape index (κ2) is 5.99. The smallest absolute Gasteiger partial charge is 0.255 e. The number of sulfonamides is 1. The molecule has 1 saturated heterocycles. The molecule has 8 heteroatoms. The number of nitrogens with zero attached hydrogens (tertiary/aromatic N) is 3. The predicted molar refractivity (Wildman–Crippen MR) is 75.1 cm³/mol. The van der Waals surface area contributed by atoms with Crippen molar-refractivity contribution in [1.82, 2.24) is 14.1 Å². The third-order valence-electron chi connectivity index (χ3n) is 3.41. The Bertz CT molecular complexity index is 523. The van der Waals surface area contributed by atoms with E-state index < -0.39 is 10.0 Å². The van der Waals surface area contributed by atoms with E-state index >= 15 is 0 Å². The van der Waals surface area contributed by atoms with Crippen molar-refractivity contribution in [2.24, 2.45) is 7.05 Å². The molecule has 1 aliphatic rings. The van der Waals surface area contributed by atoms with Crippen LogP contribution in [0.2, 0.25) is 5.02 Å². The number of piperidine rings is 1. The molecule has 0 aromatic carbocycles. The third kappa shape index (κ3) is 2.91. The average Bonchev–Trinajstić information content (AvgIpc) is 2.70. The van der Waals surface area contributed by atoms with E-state index in [4.69, 9.17) is 23.2 Å². The largest absolute Gasteiger partial charge is 0.261 e. The van der Waals surface area contributed by atoms with Crippen LogP contribution in [-0.4, -0.2) is 41.0 Å². The first-order chi connectivity index (χ1) is 8.98. The molecule has 0 N–H and O–H groups in total. The molecule has 1 atom stereocenters. The monoisotopic (exact) mass is 325 g/mol. The van der Waals surface area contributed by atoms with Crippen molar-refractivity contribution in [2.45, 2.75) is 36.8 Å². The fourth-order valence-electron chi connectivity index (χ4n) is 2.51. The molecule has 0 radical (unpaired) electrons. The lowest BCUT2D eigenvalue weighted by Crippen LogP contribution is -2.44. The molecule has 2 heterocycles. The van der Waals surface area contributed by atoms with Gasteiger partial charge in [-0.2, -0.15) is 9.40 Å². The molecule has 1 aliphatic heterocycles. The summed E-state index contributed by atoms with van der Waals surface area (Å²) in [5.41, 5.74) is 0. The molecule has 1 aromatic heterocycles. The van der Waals surface area contributed by atoms with Crippen molar-refractivity contribution in [3.8, 4) is 0 Å². The van der Waals surface area contributed by atoms with Crippen LogP contribution in [0.25, 0.3) is 0 Å². The summed E-state index contributed by atoms with van der Waals surface area (Å²) in [6.45, 7) is 0.519. The normalized spacial score (nSPS) is 21.7. The molecule has 2 rings (SSSR count). The van der Waals surface area contributed by atoms with E-state index in [0.29, 0.717) is 18.8 Å². The van der Waals surface area contributed by atoms with Crippen molar-refractivity contribution >= 4 is 33.2 Å². The van der Waals surface area contributed by atoms with Gasteiger partial charge in [-0.15, -0.1) is 11.6 Å². The van der Waals surface area contributed by atoms with Gasteiger partial charge in [-0.3, -0.25) is 4.68 Å². The van der Waals surface area contributed by atoms with Gasteiger partial charge >= 0.3 is 0 Å². The van der Waals surface area contributed by atoms with Gasteiger partial charge in [-0.25, -0.2) is 8.42 Å². The quantitative estimate of drug-likeness (QED) is 0.798. The standard InChI is InChI=1S/C11H17Cl2N3O2S/c1-15-11(10(13)8-14-15)19(17,18)16-7-3-2-4-9(16)5-6-12/h8-9H,2-7H2,1H3. The summed E-state index contributed by atoms with van der Waals surface area (Å²) in [5, 5.41) is 4.13. The molecule has 0 amide bonds. The topological polar surface area (TPSA) is 55.2 Å². The van der Waals surface area contributed by atoms with Crippen LogP contribution >= 0.6 is 23.2 Å². The number of aryl methyl sites for hydroxylation is 1. The summed E-state index contributed by atoms with van der Waals surface area (Å²) >= 11 is 11.7. The van der Waals surface area contributed by atoms with Crippen molar-refractivity contribution in [3.05, 3.63) is 11.2 Å². The molecule has 1 fully saturated rings. The predicted octanol–water partition coefficient (Wildman–Crippen LogP) is 2.25. The Kier molecular flexibility index (Phi) is 4.76. The number of halogens is 2. The van der Waals surface area contributed by atoms with E-state index in [0.717, 1.165) is 19.3 Å². The summed E-state index contributed by atoms with van der Waals surface area (Å²) < 4.78 is 28.3. The van der Waals surface area contributed by atoms with Gasteiger partial charge < -0.3 is 0 Å². The molecular weight excluding hydrogens is 309 g/mol. The molecule has 19 heavy (non-hydrogen) atoms. The summed E-state index contributed by atoms with van der Waals surface area (Å²) in [6.07, 6.45) is 4.77. The lowest BCUT2D eigenvalue weighted by molar-refractivity contribution is 0.246. The first-order valence-corrected chi connectivity index (χ1v) is 8.59. The zero-order valence-electron chi connectivity index (χ0n) is 10.7. The Balaban J connectivity index is 2.37. The fraction of sp³-hybridized carbons (Fsp3) is 0.727. The Morgan fingerprint density at radius 2 is 2.21 bits per heavy atom. The summed E-state index contributed by atoms with van der Waals surface area (Å²) in [4.78, 5) is 0. The molecule has 1 aromatic rings. The molecule has 1 unspecified atom stereocenters. The van der Waals surface area contributed by atoms with Crippen LogP contribution in [-0.2, 0) is 17.1 Å². The van der Waals surface area contributed by atoms with Crippen LogP contribution in [0.3, 0.4) is 0 Å². The molecule has 108 valence electrons. The summed E-state index contributed by atoms with van der Waals surface area (Å²) in [6, 6.07) is -0.0396. The van der Waals surface area contributed by atoms with Gasteiger partial charge in [0.2, 0.25) is 0 Å². The highest BCUT2D eigenvalue weighted by Crippen LogP contribution is 2.30. The first-order valence-electron chi connectivity index (χ1n) is 6.23. The van der Waals surface area contributed by atoms with Crippen LogP contribution in [0, 0.1) is 0 Å². The number of rotatable bonds is 4. The van der Waals surface area contributed by atoms with Gasteiger partial charge in [-0.05, 0) is 19.3 Å². The Morgan fingerprint density at radius 1 is 1.47 bits per heavy atom. The van der Waals surface area contributed by atoms with Crippen LogP contribution in [0.5, 0.6) is 0 Å². The minimum absolute atomic E-state index is 0.0396. The summed E-state index contributed by atoms with van der Waals surface area (Å²) in [5.74, 6) is 0.454. The molecule has 0 aliphatic carbocycles. The van der Waals surface area contributed by atoms with Crippen LogP contribution in [0.4, 0.5) is 0 Å². The highest BCUT2D eigenvalue weighted by molar-refractivity contribution is 7.89. The number of hydrogen-bond donors (Lipinski definition) is 0. The van der Waals surface area contributed by atoms with Gasteiger partial charge in [0.15, 0.2) is 5.03 Å². The van der Waals surface area contributed by atoms with Crippen molar-refractivity contribution in [1.29, 1.82) is 0 Å². The van der Waals surface area contributed by atoms with E-state index in [1.807, 2.05) is 0 Å². The minimum atomic E-state index is -3.61. The van der Waals surface area contributed by atoms with Crippen LogP contribution < -0.4 is 0 Å². The van der Waals surface area contributed by atoms with E-state index in [9.17, 15) is 8.42 Å². The minimum Gasteiger partial charge on any atom is -0.255 e. The van der Waals surface area contributed by atoms with Crippen LogP contribution in [0.1, 0.15) is 25.7 Å². The molecule has 5 nitrogen and oxygen atoms in total. The van der Waals surface area contributed by atoms with Crippen molar-refractivity contribution in [3.63, 3.8) is 0 Å². The Morgan fingerprint density at radius 3 is 2.79 bits per heavy atom. The highest BCUT2D eigenvalue weighted by Gasteiger charge is 2.36. The lowest BCUT2D eigenvalue weighted by Gasteiger charge is -2.34. The maximum absolute atomic E-state index is 12.7. The first kappa shape index (κ1) is 15.1. The summed E-state index contributed by atoms with van der Waals surface area (Å²) in [7, 11) is -2.03. The number of alkyl halides is 1. The molecule has 0 bridgehead atoms. The van der Waals surface area contributed by atoms with Crippen molar-refractivity contribution in [2.75, 3.05) is 12.4 Å². The zero-order valence-corrected chi connectivity index (χ0v) is 13.0. The Hall–Kier alpha value is -0.300. The van der Waals surface area contributed by atoms with Crippen molar-refractivity contribution < 1.29 is 8.42 Å². The molecule has 0 spiro atoms. The third-order valence-corrected chi connectivity index (χ3v) is 6.09. The number of aromatic nitrogens is 2.